The third-order valence-corrected chi connectivity index (χ3v) is 13.7. The first-order chi connectivity index (χ1) is 41.2. The summed E-state index contributed by atoms with van der Waals surface area (Å²) in [7, 11) is 8.64. The Hall–Kier alpha value is -6.07. The lowest BCUT2D eigenvalue weighted by Gasteiger charge is -2.22. The highest BCUT2D eigenvalue weighted by Crippen LogP contribution is 2.43. The summed E-state index contributed by atoms with van der Waals surface area (Å²) in [6.07, 6.45) is 18.1. The lowest BCUT2D eigenvalue weighted by molar-refractivity contribution is 0.0540. The van der Waals surface area contributed by atoms with Crippen molar-refractivity contribution in [2.75, 3.05) is 122 Å². The van der Waals surface area contributed by atoms with Crippen LogP contribution in [0.4, 0.5) is 4.79 Å². The van der Waals surface area contributed by atoms with Crippen LogP contribution in [0.5, 0.6) is 34.5 Å². The third-order valence-electron chi connectivity index (χ3n) is 12.1. The molecule has 8 rings (SSSR count). The van der Waals surface area contributed by atoms with Crippen molar-refractivity contribution in [3.63, 3.8) is 0 Å². The molecular formula is C63H80BI2N3O16. The van der Waals surface area contributed by atoms with Gasteiger partial charge in [0.25, 0.3) is 0 Å². The van der Waals surface area contributed by atoms with Crippen LogP contribution in [0.2, 0.25) is 0 Å². The number of hydrogen-bond donors (Lipinski definition) is 4. The number of nitrogens with one attached hydrogen (secondary N) is 2. The van der Waals surface area contributed by atoms with Crippen molar-refractivity contribution in [2.45, 2.75) is 39.2 Å². The van der Waals surface area contributed by atoms with Crippen molar-refractivity contribution in [1.29, 1.82) is 0 Å². The molecule has 0 fully saturated rings. The summed E-state index contributed by atoms with van der Waals surface area (Å²) in [5.74, 6) is 4.60. The number of carbonyl (C=O) groups excluding carboxylic acids is 1. The largest absolute Gasteiger partial charge is 0.491 e. The topological polar surface area (TPSA) is 214 Å². The fourth-order valence-corrected chi connectivity index (χ4v) is 9.17. The maximum atomic E-state index is 12.9. The molecule has 0 amide bonds. The van der Waals surface area contributed by atoms with Gasteiger partial charge in [-0.25, -0.2) is 4.79 Å². The Bertz CT molecular complexity index is 2940. The lowest BCUT2D eigenvalue weighted by atomic mass is 9.79. The molecule has 0 saturated carbocycles. The number of halogens is 2. The Morgan fingerprint density at radius 2 is 0.918 bits per heavy atom. The molecule has 460 valence electrons. The summed E-state index contributed by atoms with van der Waals surface area (Å²) >= 11 is 4.47. The second-order valence-electron chi connectivity index (χ2n) is 19.4. The predicted octanol–water partition coefficient (Wildman–Crippen LogP) is 11.9. The number of ether oxygens (including phenoxy) is 13. The van der Waals surface area contributed by atoms with Gasteiger partial charge >= 0.3 is 13.2 Å². The number of aromatic amines is 2. The Labute approximate surface area is 526 Å². The summed E-state index contributed by atoms with van der Waals surface area (Å²) in [5, 5.41) is 17.0. The molecule has 0 bridgehead atoms. The maximum absolute atomic E-state index is 12.9. The number of rotatable bonds is 29. The van der Waals surface area contributed by atoms with Gasteiger partial charge in [-0.15, -0.1) is 0 Å². The number of hydrogen-bond acceptors (Lipinski definition) is 16. The molecule has 3 aromatic heterocycles. The van der Waals surface area contributed by atoms with Gasteiger partial charge in [-0.2, -0.15) is 0 Å². The summed E-state index contributed by atoms with van der Waals surface area (Å²) < 4.78 is 75.0. The van der Waals surface area contributed by atoms with Crippen molar-refractivity contribution in [1.82, 2.24) is 14.5 Å². The smallest absolute Gasteiger partial charge is 0.484 e. The first kappa shape index (κ1) is 69.7. The molecule has 22 heteroatoms. The molecule has 0 spiro atoms. The van der Waals surface area contributed by atoms with Crippen LogP contribution in [-0.2, 0) is 33.2 Å². The number of H-pyrrole nitrogens is 2. The summed E-state index contributed by atoms with van der Waals surface area (Å²) in [4.78, 5) is 19.3. The van der Waals surface area contributed by atoms with Crippen LogP contribution in [0.15, 0.2) is 133 Å². The first-order valence-corrected chi connectivity index (χ1v) is 29.6. The second-order valence-corrected chi connectivity index (χ2v) is 21.8. The van der Waals surface area contributed by atoms with Crippen molar-refractivity contribution in [2.24, 2.45) is 0 Å². The second kappa shape index (κ2) is 38.2. The molecule has 2 aliphatic rings. The Morgan fingerprint density at radius 1 is 0.518 bits per heavy atom. The van der Waals surface area contributed by atoms with E-state index in [0.717, 1.165) is 75.8 Å². The molecular weight excluding hydrogens is 1320 g/mol. The van der Waals surface area contributed by atoms with E-state index in [9.17, 15) is 4.79 Å². The minimum atomic E-state index is -1.26. The Kier molecular flexibility index (Phi) is 31.3. The maximum Gasteiger partial charge on any atom is 0.484 e. The first-order valence-electron chi connectivity index (χ1n) is 27.5. The highest BCUT2D eigenvalue weighted by atomic mass is 127. The SMILES string of the molecule is COCCOc1cc(-c2ccc[nH]2)c(OCCOC)cc1-c1ccc[nH]1.COCCOc1cc(-c2cccn2C(=O)OC(C)(C)C)c(OCCOC)cc1C1=CC=CC1.COCCOc1cc(I)c(OCCOC)cc1I.OB(O)C1=CC=CC1. The van der Waals surface area contributed by atoms with Crippen LogP contribution >= 0.6 is 45.2 Å². The molecule has 0 aliphatic heterocycles. The van der Waals surface area contributed by atoms with Crippen molar-refractivity contribution in [3.05, 3.63) is 146 Å². The van der Waals surface area contributed by atoms with Gasteiger partial charge in [-0.3, -0.25) is 4.57 Å². The molecule has 6 aromatic rings. The van der Waals surface area contributed by atoms with Crippen molar-refractivity contribution < 1.29 is 76.4 Å². The van der Waals surface area contributed by atoms with Crippen LogP contribution in [0.25, 0.3) is 39.3 Å². The molecule has 4 N–H and O–H groups in total. The van der Waals surface area contributed by atoms with Gasteiger partial charge in [0.05, 0.1) is 52.5 Å². The zero-order chi connectivity index (χ0) is 61.4. The van der Waals surface area contributed by atoms with E-state index in [1.54, 1.807) is 61.0 Å². The molecule has 0 saturated heterocycles. The van der Waals surface area contributed by atoms with Crippen LogP contribution in [-0.4, -0.2) is 165 Å². The number of nitrogens with zero attached hydrogens (tertiary/aromatic N) is 1. The highest BCUT2D eigenvalue weighted by molar-refractivity contribution is 14.1. The number of aromatic nitrogens is 3. The zero-order valence-electron chi connectivity index (χ0n) is 49.9. The standard InChI is InChI=1S/C26H33NO6.C20H24N2O4.C12H16I2O4.C5H7BO2/c1-26(2,3)33-25(28)27-12-8-11-22(27)21-18-23(31-15-13-29-4)20(19-9-6-7-10-19)17-24(21)32-16-14-30-5;1-23-9-11-25-19-13-16(18-6-4-8-22-18)20(26-12-10-24-2)14-15(19)17-5-3-7-21-17;1-15-3-5-17-11-7-10(14)12(8-9(11)13)18-6-4-16-2;7-6(8)5-3-1-2-4-5/h6-9,11-12,17-18H,10,13-16H2,1-5H3;3-8,13-14,21-22H,9-12H2,1-2H3;7-8H,3-6H2,1-2H3;1-3,7-8H,4H2. The molecule has 0 atom stereocenters. The van der Waals surface area contributed by atoms with Crippen LogP contribution in [0.1, 0.15) is 39.2 Å². The number of carbonyl (C=O) groups is 1. The van der Waals surface area contributed by atoms with Gasteiger partial charge in [0.2, 0.25) is 0 Å². The zero-order valence-corrected chi connectivity index (χ0v) is 54.2. The van der Waals surface area contributed by atoms with Gasteiger partial charge in [0.15, 0.2) is 0 Å². The molecule has 85 heavy (non-hydrogen) atoms. The average Bonchev–Trinajstić information content (AvgIpc) is 2.87. The van der Waals surface area contributed by atoms with Gasteiger partial charge in [-0.05, 0) is 163 Å². The van der Waals surface area contributed by atoms with Gasteiger partial charge in [-0.1, -0.05) is 36.5 Å². The van der Waals surface area contributed by atoms with E-state index >= 15 is 0 Å². The predicted molar refractivity (Wildman–Crippen MR) is 347 cm³/mol. The monoisotopic (exact) mass is 1400 g/mol. The number of allylic oxidation sites excluding steroid dienone is 8. The minimum absolute atomic E-state index is 0.372. The average molecular weight is 1400 g/mol. The fraction of sp³-hybridized carbons (Fsp3) is 0.381. The summed E-state index contributed by atoms with van der Waals surface area (Å²) in [6.45, 7) is 11.4. The van der Waals surface area contributed by atoms with Crippen LogP contribution < -0.4 is 28.4 Å². The molecule has 0 unspecified atom stereocenters. The van der Waals surface area contributed by atoms with E-state index in [2.05, 4.69) is 67.3 Å². The van der Waals surface area contributed by atoms with Gasteiger partial charge < -0.3 is 81.6 Å². The summed E-state index contributed by atoms with van der Waals surface area (Å²) in [5.41, 5.74) is 7.32. The highest BCUT2D eigenvalue weighted by Gasteiger charge is 2.24. The molecule has 3 aromatic carbocycles. The van der Waals surface area contributed by atoms with E-state index in [4.69, 9.17) is 71.6 Å². The van der Waals surface area contributed by atoms with Crippen molar-refractivity contribution in [3.8, 4) is 68.3 Å². The van der Waals surface area contributed by atoms with E-state index < -0.39 is 18.8 Å². The Morgan fingerprint density at radius 3 is 1.28 bits per heavy atom. The third kappa shape index (κ3) is 23.3. The normalized spacial score (nSPS) is 12.2. The van der Waals surface area contributed by atoms with E-state index in [1.165, 1.54) is 4.57 Å². The van der Waals surface area contributed by atoms with Crippen LogP contribution in [0.3, 0.4) is 0 Å². The Balaban J connectivity index is 0.000000225. The quantitative estimate of drug-likeness (QED) is 0.0195. The lowest BCUT2D eigenvalue weighted by Crippen LogP contribution is -2.27. The van der Waals surface area contributed by atoms with E-state index in [1.807, 2.05) is 118 Å². The molecule has 3 heterocycles. The number of benzene rings is 3. The minimum Gasteiger partial charge on any atom is -0.491 e. The number of methoxy groups -OCH3 is 6. The van der Waals surface area contributed by atoms with Gasteiger partial charge in [0, 0.05) is 94.9 Å². The fourth-order valence-electron chi connectivity index (χ4n) is 7.98. The van der Waals surface area contributed by atoms with E-state index in [-0.39, 0.29) is 0 Å². The van der Waals surface area contributed by atoms with Crippen LogP contribution in [0, 0.1) is 7.14 Å². The summed E-state index contributed by atoms with van der Waals surface area (Å²) in [6, 6.07) is 23.4. The van der Waals surface area contributed by atoms with E-state index in [0.29, 0.717) is 108 Å². The van der Waals surface area contributed by atoms with Crippen molar-refractivity contribution >= 4 is 64.0 Å². The van der Waals surface area contributed by atoms with Gasteiger partial charge in [0.1, 0.15) is 79.7 Å². The molecule has 0 radical (unpaired) electrons. The molecule has 2 aliphatic carbocycles. The molecule has 19 nitrogen and oxygen atoms in total.